The Hall–Kier alpha value is -1.35. The van der Waals surface area contributed by atoms with E-state index in [2.05, 4.69) is 0 Å². The molecule has 0 aromatic heterocycles. The van der Waals surface area contributed by atoms with E-state index < -0.39 is 0 Å². The van der Waals surface area contributed by atoms with E-state index in [0.717, 1.165) is 17.7 Å². The fourth-order valence-corrected chi connectivity index (χ4v) is 1.54. The number of carbonyl (C=O) groups is 1. The molecule has 1 aromatic rings. The highest BCUT2D eigenvalue weighted by Crippen LogP contribution is 2.18. The Kier molecular flexibility index (Phi) is 4.99. The highest BCUT2D eigenvalue weighted by molar-refractivity contribution is 5.81. The number of carbonyl (C=O) groups excluding carboxylic acids is 1. The molecule has 88 valence electrons. The fourth-order valence-electron chi connectivity index (χ4n) is 1.54. The van der Waals surface area contributed by atoms with Crippen molar-refractivity contribution < 1.29 is 9.53 Å². The lowest BCUT2D eigenvalue weighted by Gasteiger charge is -2.08. The van der Waals surface area contributed by atoms with Gasteiger partial charge in [0.2, 0.25) is 0 Å². The van der Waals surface area contributed by atoms with Gasteiger partial charge in [-0.05, 0) is 19.4 Å². The predicted molar refractivity (Wildman–Crippen MR) is 64.6 cm³/mol. The van der Waals surface area contributed by atoms with Crippen molar-refractivity contribution in [2.45, 2.75) is 32.2 Å². The largest absolute Gasteiger partial charge is 0.496 e. The Bertz CT molecular complexity index is 348. The van der Waals surface area contributed by atoms with Gasteiger partial charge in [-0.2, -0.15) is 0 Å². The highest BCUT2D eigenvalue weighted by Gasteiger charge is 2.08. The molecule has 0 amide bonds. The normalized spacial score (nSPS) is 12.2. The van der Waals surface area contributed by atoms with Crippen molar-refractivity contribution in [1.82, 2.24) is 0 Å². The molecule has 2 N–H and O–H groups in total. The fraction of sp³-hybridized carbons (Fsp3) is 0.462. The van der Waals surface area contributed by atoms with Gasteiger partial charge in [0, 0.05) is 24.4 Å². The molecule has 3 nitrogen and oxygen atoms in total. The van der Waals surface area contributed by atoms with Gasteiger partial charge in [-0.15, -0.1) is 0 Å². The van der Waals surface area contributed by atoms with E-state index in [0.29, 0.717) is 12.8 Å². The number of hydrogen-bond acceptors (Lipinski definition) is 3. The van der Waals surface area contributed by atoms with Crippen LogP contribution >= 0.6 is 0 Å². The molecular formula is C13H19NO2. The van der Waals surface area contributed by atoms with E-state index in [1.54, 1.807) is 7.11 Å². The number of Topliss-reactive ketones (excluding diaryl/α,β-unsaturated/α-hetero) is 1. The second-order valence-corrected chi connectivity index (χ2v) is 4.04. The second-order valence-electron chi connectivity index (χ2n) is 4.04. The summed E-state index contributed by atoms with van der Waals surface area (Å²) in [6, 6.07) is 7.68. The molecule has 0 radical (unpaired) electrons. The maximum absolute atomic E-state index is 11.7. The van der Waals surface area contributed by atoms with Crippen LogP contribution in [0, 0.1) is 0 Å². The van der Waals surface area contributed by atoms with Crippen molar-refractivity contribution in [2.24, 2.45) is 5.73 Å². The molecule has 1 aromatic carbocycles. The van der Waals surface area contributed by atoms with Gasteiger partial charge in [-0.1, -0.05) is 18.2 Å². The lowest BCUT2D eigenvalue weighted by atomic mass is 10.0. The first-order valence-electron chi connectivity index (χ1n) is 5.52. The molecule has 0 saturated heterocycles. The minimum atomic E-state index is 0.0848. The van der Waals surface area contributed by atoms with E-state index in [9.17, 15) is 4.79 Å². The monoisotopic (exact) mass is 221 g/mol. The summed E-state index contributed by atoms with van der Waals surface area (Å²) in [4.78, 5) is 11.7. The third kappa shape index (κ3) is 4.03. The number of methoxy groups -OCH3 is 1. The van der Waals surface area contributed by atoms with Crippen molar-refractivity contribution in [3.63, 3.8) is 0 Å². The number of ether oxygens (including phenoxy) is 1. The maximum atomic E-state index is 11.7. The van der Waals surface area contributed by atoms with Gasteiger partial charge in [0.25, 0.3) is 0 Å². The van der Waals surface area contributed by atoms with Gasteiger partial charge in [-0.25, -0.2) is 0 Å². The summed E-state index contributed by atoms with van der Waals surface area (Å²) in [6.45, 7) is 1.91. The quantitative estimate of drug-likeness (QED) is 0.798. The lowest BCUT2D eigenvalue weighted by Crippen LogP contribution is -2.17. The third-order valence-electron chi connectivity index (χ3n) is 2.46. The SMILES string of the molecule is COc1ccccc1CC(=O)CCC(C)N. The smallest absolute Gasteiger partial charge is 0.137 e. The molecule has 0 aliphatic rings. The molecule has 1 rings (SSSR count). The van der Waals surface area contributed by atoms with E-state index in [1.807, 2.05) is 31.2 Å². The van der Waals surface area contributed by atoms with Gasteiger partial charge in [0.15, 0.2) is 0 Å². The summed E-state index contributed by atoms with van der Waals surface area (Å²) in [6.07, 6.45) is 1.71. The average Bonchev–Trinajstić information content (AvgIpc) is 2.27. The zero-order chi connectivity index (χ0) is 12.0. The first kappa shape index (κ1) is 12.7. The zero-order valence-corrected chi connectivity index (χ0v) is 9.90. The summed E-state index contributed by atoms with van der Waals surface area (Å²) >= 11 is 0. The van der Waals surface area contributed by atoms with Crippen molar-refractivity contribution in [2.75, 3.05) is 7.11 Å². The Labute approximate surface area is 96.6 Å². The van der Waals surface area contributed by atoms with Crippen molar-refractivity contribution in [3.8, 4) is 5.75 Å². The Morgan fingerprint density at radius 3 is 2.75 bits per heavy atom. The van der Waals surface area contributed by atoms with Gasteiger partial charge in [-0.3, -0.25) is 4.79 Å². The lowest BCUT2D eigenvalue weighted by molar-refractivity contribution is -0.118. The summed E-state index contributed by atoms with van der Waals surface area (Å²) in [5, 5.41) is 0. The van der Waals surface area contributed by atoms with Gasteiger partial charge < -0.3 is 10.5 Å². The van der Waals surface area contributed by atoms with Crippen molar-refractivity contribution >= 4 is 5.78 Å². The van der Waals surface area contributed by atoms with Crippen LogP contribution in [0.4, 0.5) is 0 Å². The minimum Gasteiger partial charge on any atom is -0.496 e. The van der Waals surface area contributed by atoms with Gasteiger partial charge in [0.1, 0.15) is 11.5 Å². The predicted octanol–water partition coefficient (Wildman–Crippen LogP) is 1.93. The van der Waals surface area contributed by atoms with Crippen molar-refractivity contribution in [1.29, 1.82) is 0 Å². The molecule has 0 bridgehead atoms. The van der Waals surface area contributed by atoms with Crippen molar-refractivity contribution in [3.05, 3.63) is 29.8 Å². The Morgan fingerprint density at radius 2 is 2.12 bits per heavy atom. The number of para-hydroxylation sites is 1. The number of ketones is 1. The Balaban J connectivity index is 2.55. The van der Waals surface area contributed by atoms with Crippen LogP contribution in [0.25, 0.3) is 0 Å². The topological polar surface area (TPSA) is 52.3 Å². The summed E-state index contributed by atoms with van der Waals surface area (Å²) < 4.78 is 5.19. The molecule has 1 atom stereocenters. The van der Waals surface area contributed by atoms with Crippen LogP contribution in [0.2, 0.25) is 0 Å². The number of nitrogens with two attached hydrogens (primary N) is 1. The summed E-state index contributed by atoms with van der Waals surface area (Å²) in [5.74, 6) is 0.985. The molecule has 0 aliphatic heterocycles. The van der Waals surface area contributed by atoms with E-state index in [4.69, 9.17) is 10.5 Å². The number of hydrogen-bond donors (Lipinski definition) is 1. The van der Waals surface area contributed by atoms with Crippen LogP contribution in [0.3, 0.4) is 0 Å². The molecule has 0 heterocycles. The van der Waals surface area contributed by atoms with Crippen LogP contribution < -0.4 is 10.5 Å². The standard InChI is InChI=1S/C13H19NO2/c1-10(14)7-8-12(15)9-11-5-3-4-6-13(11)16-2/h3-6,10H,7-9,14H2,1-2H3. The number of benzene rings is 1. The van der Waals surface area contributed by atoms with Crippen LogP contribution in [-0.2, 0) is 11.2 Å². The molecular weight excluding hydrogens is 202 g/mol. The van der Waals surface area contributed by atoms with Crippen LogP contribution in [-0.4, -0.2) is 18.9 Å². The number of rotatable bonds is 6. The molecule has 3 heteroatoms. The third-order valence-corrected chi connectivity index (χ3v) is 2.46. The average molecular weight is 221 g/mol. The van der Waals surface area contributed by atoms with Crippen LogP contribution in [0.15, 0.2) is 24.3 Å². The van der Waals surface area contributed by atoms with E-state index in [-0.39, 0.29) is 11.8 Å². The minimum absolute atomic E-state index is 0.0848. The van der Waals surface area contributed by atoms with E-state index in [1.165, 1.54) is 0 Å². The second kappa shape index (κ2) is 6.28. The van der Waals surface area contributed by atoms with Crippen LogP contribution in [0.1, 0.15) is 25.3 Å². The Morgan fingerprint density at radius 1 is 1.44 bits per heavy atom. The molecule has 0 saturated carbocycles. The first-order valence-corrected chi connectivity index (χ1v) is 5.52. The molecule has 16 heavy (non-hydrogen) atoms. The van der Waals surface area contributed by atoms with E-state index >= 15 is 0 Å². The van der Waals surface area contributed by atoms with Gasteiger partial charge >= 0.3 is 0 Å². The summed E-state index contributed by atoms with van der Waals surface area (Å²) in [7, 11) is 1.62. The van der Waals surface area contributed by atoms with Crippen LogP contribution in [0.5, 0.6) is 5.75 Å². The molecule has 1 unspecified atom stereocenters. The van der Waals surface area contributed by atoms with Gasteiger partial charge in [0.05, 0.1) is 7.11 Å². The molecule has 0 fully saturated rings. The zero-order valence-electron chi connectivity index (χ0n) is 9.90. The maximum Gasteiger partial charge on any atom is 0.137 e. The first-order chi connectivity index (χ1) is 7.63. The molecule has 0 aliphatic carbocycles. The molecule has 0 spiro atoms. The summed E-state index contributed by atoms with van der Waals surface area (Å²) in [5.41, 5.74) is 6.56. The highest BCUT2D eigenvalue weighted by atomic mass is 16.5.